The SMILES string of the molecule is O=S(=O)(C1CCCCC1)C1CCNC1. The van der Waals surface area contributed by atoms with Crippen molar-refractivity contribution in [1.82, 2.24) is 5.32 Å². The van der Waals surface area contributed by atoms with E-state index < -0.39 is 9.84 Å². The van der Waals surface area contributed by atoms with Gasteiger partial charge in [-0.1, -0.05) is 19.3 Å². The van der Waals surface area contributed by atoms with Crippen LogP contribution in [0.4, 0.5) is 0 Å². The Morgan fingerprint density at radius 2 is 1.64 bits per heavy atom. The molecule has 1 saturated carbocycles. The van der Waals surface area contributed by atoms with Crippen molar-refractivity contribution in [1.29, 1.82) is 0 Å². The minimum Gasteiger partial charge on any atom is -0.315 e. The standard InChI is InChI=1S/C10H19NO2S/c12-14(13,10-6-7-11-8-10)9-4-2-1-3-5-9/h9-11H,1-8H2. The lowest BCUT2D eigenvalue weighted by atomic mass is 10.0. The quantitative estimate of drug-likeness (QED) is 0.753. The summed E-state index contributed by atoms with van der Waals surface area (Å²) in [5, 5.41) is 3.02. The van der Waals surface area contributed by atoms with Crippen molar-refractivity contribution in [2.75, 3.05) is 13.1 Å². The van der Waals surface area contributed by atoms with Crippen LogP contribution < -0.4 is 5.32 Å². The monoisotopic (exact) mass is 217 g/mol. The molecule has 1 N–H and O–H groups in total. The molecule has 0 radical (unpaired) electrons. The van der Waals surface area contributed by atoms with Gasteiger partial charge in [-0.2, -0.15) is 0 Å². The molecule has 2 rings (SSSR count). The van der Waals surface area contributed by atoms with E-state index in [2.05, 4.69) is 5.32 Å². The van der Waals surface area contributed by atoms with Gasteiger partial charge < -0.3 is 5.32 Å². The third-order valence-corrected chi connectivity index (χ3v) is 6.23. The fourth-order valence-corrected chi connectivity index (χ4v) is 4.91. The van der Waals surface area contributed by atoms with Crippen molar-refractivity contribution >= 4 is 9.84 Å². The van der Waals surface area contributed by atoms with E-state index in [9.17, 15) is 8.42 Å². The summed E-state index contributed by atoms with van der Waals surface area (Å²) in [6.45, 7) is 1.55. The molecule has 1 aliphatic carbocycles. The topological polar surface area (TPSA) is 46.2 Å². The van der Waals surface area contributed by atoms with Crippen molar-refractivity contribution in [3.8, 4) is 0 Å². The summed E-state index contributed by atoms with van der Waals surface area (Å²) in [5.74, 6) is 0. The van der Waals surface area contributed by atoms with E-state index in [1.54, 1.807) is 0 Å². The highest BCUT2D eigenvalue weighted by atomic mass is 32.2. The first-order chi connectivity index (χ1) is 6.71. The lowest BCUT2D eigenvalue weighted by molar-refractivity contribution is 0.478. The lowest BCUT2D eigenvalue weighted by Gasteiger charge is -2.24. The van der Waals surface area contributed by atoms with E-state index in [1.807, 2.05) is 0 Å². The van der Waals surface area contributed by atoms with E-state index in [4.69, 9.17) is 0 Å². The molecule has 1 heterocycles. The molecule has 2 fully saturated rings. The van der Waals surface area contributed by atoms with Crippen molar-refractivity contribution in [2.24, 2.45) is 0 Å². The maximum atomic E-state index is 12.1. The number of sulfone groups is 1. The van der Waals surface area contributed by atoms with Crippen molar-refractivity contribution < 1.29 is 8.42 Å². The molecule has 0 amide bonds. The highest BCUT2D eigenvalue weighted by Gasteiger charge is 2.35. The second kappa shape index (κ2) is 4.19. The zero-order valence-electron chi connectivity index (χ0n) is 8.54. The Balaban J connectivity index is 2.05. The molecule has 0 bridgehead atoms. The molecule has 1 aliphatic heterocycles. The number of rotatable bonds is 2. The Hall–Kier alpha value is -0.0900. The first-order valence-electron chi connectivity index (χ1n) is 5.64. The summed E-state index contributed by atoms with van der Waals surface area (Å²) in [6, 6.07) is 0. The molecule has 0 spiro atoms. The molecule has 0 aromatic carbocycles. The Bertz CT molecular complexity index is 274. The number of hydrogen-bond acceptors (Lipinski definition) is 3. The van der Waals surface area contributed by atoms with Crippen LogP contribution in [-0.4, -0.2) is 32.0 Å². The van der Waals surface area contributed by atoms with E-state index in [-0.39, 0.29) is 10.5 Å². The second-order valence-corrected chi connectivity index (χ2v) is 6.98. The molecule has 82 valence electrons. The Morgan fingerprint density at radius 1 is 0.929 bits per heavy atom. The summed E-state index contributed by atoms with van der Waals surface area (Å²) in [7, 11) is -2.82. The van der Waals surface area contributed by atoms with Crippen LogP contribution in [0.15, 0.2) is 0 Å². The fraction of sp³-hybridized carbons (Fsp3) is 1.00. The third-order valence-electron chi connectivity index (χ3n) is 3.50. The Kier molecular flexibility index (Phi) is 3.12. The van der Waals surface area contributed by atoms with Gasteiger partial charge in [0.1, 0.15) is 0 Å². The average molecular weight is 217 g/mol. The first kappa shape index (κ1) is 10.4. The molecule has 1 unspecified atom stereocenters. The van der Waals surface area contributed by atoms with Gasteiger partial charge in [-0.15, -0.1) is 0 Å². The molecule has 4 heteroatoms. The van der Waals surface area contributed by atoms with Gasteiger partial charge in [0.2, 0.25) is 0 Å². The van der Waals surface area contributed by atoms with Gasteiger partial charge in [-0.05, 0) is 25.8 Å². The molecular formula is C10H19NO2S. The predicted molar refractivity (Wildman–Crippen MR) is 57.1 cm³/mol. The lowest BCUT2D eigenvalue weighted by Crippen LogP contribution is -2.34. The molecular weight excluding hydrogens is 198 g/mol. The van der Waals surface area contributed by atoms with Crippen LogP contribution in [0.1, 0.15) is 38.5 Å². The Morgan fingerprint density at radius 3 is 2.21 bits per heavy atom. The summed E-state index contributed by atoms with van der Waals surface area (Å²) in [4.78, 5) is 0. The van der Waals surface area contributed by atoms with Gasteiger partial charge in [-0.25, -0.2) is 8.42 Å². The Labute approximate surface area is 86.2 Å². The van der Waals surface area contributed by atoms with Gasteiger partial charge in [0.15, 0.2) is 9.84 Å². The first-order valence-corrected chi connectivity index (χ1v) is 7.25. The molecule has 2 aliphatic rings. The minimum absolute atomic E-state index is 0.0267. The van der Waals surface area contributed by atoms with Crippen LogP contribution in [0.25, 0.3) is 0 Å². The van der Waals surface area contributed by atoms with Crippen molar-refractivity contribution in [3.05, 3.63) is 0 Å². The van der Waals surface area contributed by atoms with E-state index in [0.717, 1.165) is 38.6 Å². The summed E-state index contributed by atoms with van der Waals surface area (Å²) < 4.78 is 24.3. The molecule has 1 atom stereocenters. The van der Waals surface area contributed by atoms with Crippen molar-refractivity contribution in [2.45, 2.75) is 49.0 Å². The van der Waals surface area contributed by atoms with Crippen LogP contribution in [0.5, 0.6) is 0 Å². The summed E-state index contributed by atoms with van der Waals surface area (Å²) >= 11 is 0. The summed E-state index contributed by atoms with van der Waals surface area (Å²) in [6.07, 6.45) is 6.04. The number of nitrogens with one attached hydrogen (secondary N) is 1. The second-order valence-electron chi connectivity index (χ2n) is 4.46. The van der Waals surface area contributed by atoms with Gasteiger partial charge in [0.05, 0.1) is 10.5 Å². The molecule has 14 heavy (non-hydrogen) atoms. The number of hydrogen-bond donors (Lipinski definition) is 1. The minimum atomic E-state index is -2.82. The maximum Gasteiger partial charge on any atom is 0.157 e. The highest BCUT2D eigenvalue weighted by molar-refractivity contribution is 7.92. The zero-order valence-corrected chi connectivity index (χ0v) is 9.35. The van der Waals surface area contributed by atoms with Gasteiger partial charge in [-0.3, -0.25) is 0 Å². The predicted octanol–water partition coefficient (Wildman–Crippen LogP) is 1.10. The smallest absolute Gasteiger partial charge is 0.157 e. The highest BCUT2D eigenvalue weighted by Crippen LogP contribution is 2.27. The van der Waals surface area contributed by atoms with Gasteiger partial charge >= 0.3 is 0 Å². The zero-order chi connectivity index (χ0) is 10.0. The van der Waals surface area contributed by atoms with Crippen LogP contribution in [0, 0.1) is 0 Å². The molecule has 0 aromatic rings. The van der Waals surface area contributed by atoms with Crippen LogP contribution in [-0.2, 0) is 9.84 Å². The summed E-state index contributed by atoms with van der Waals surface area (Å²) in [5.41, 5.74) is 0. The van der Waals surface area contributed by atoms with E-state index in [0.29, 0.717) is 6.54 Å². The molecule has 0 aromatic heterocycles. The van der Waals surface area contributed by atoms with E-state index >= 15 is 0 Å². The molecule has 1 saturated heterocycles. The fourth-order valence-electron chi connectivity index (χ4n) is 2.57. The maximum absolute atomic E-state index is 12.1. The van der Waals surface area contributed by atoms with Gasteiger partial charge in [0.25, 0.3) is 0 Å². The molecule has 3 nitrogen and oxygen atoms in total. The van der Waals surface area contributed by atoms with Crippen LogP contribution >= 0.6 is 0 Å². The van der Waals surface area contributed by atoms with Crippen LogP contribution in [0.2, 0.25) is 0 Å². The van der Waals surface area contributed by atoms with Gasteiger partial charge in [0, 0.05) is 6.54 Å². The van der Waals surface area contributed by atoms with Crippen molar-refractivity contribution in [3.63, 3.8) is 0 Å². The van der Waals surface area contributed by atoms with E-state index in [1.165, 1.54) is 6.42 Å². The van der Waals surface area contributed by atoms with Crippen LogP contribution in [0.3, 0.4) is 0 Å². The average Bonchev–Trinajstić information content (AvgIpc) is 2.72. The largest absolute Gasteiger partial charge is 0.315 e. The third kappa shape index (κ3) is 1.96. The normalized spacial score (nSPS) is 30.7.